The van der Waals surface area contributed by atoms with Crippen LogP contribution < -0.4 is 14.9 Å². The molecule has 1 N–H and O–H groups in total. The number of ether oxygens (including phenoxy) is 2. The van der Waals surface area contributed by atoms with Gasteiger partial charge in [0.15, 0.2) is 11.5 Å². The van der Waals surface area contributed by atoms with Gasteiger partial charge in [-0.2, -0.15) is 5.10 Å². The average Bonchev–Trinajstić information content (AvgIpc) is 2.61. The second-order valence-electron chi connectivity index (χ2n) is 5.16. The number of benzene rings is 2. The van der Waals surface area contributed by atoms with E-state index in [1.54, 1.807) is 37.3 Å². The molecule has 1 atom stereocenters. The van der Waals surface area contributed by atoms with Crippen LogP contribution >= 0.6 is 23.2 Å². The van der Waals surface area contributed by atoms with Crippen LogP contribution in [0, 0.1) is 0 Å². The van der Waals surface area contributed by atoms with E-state index in [0.717, 1.165) is 0 Å². The Hall–Kier alpha value is -2.24. The van der Waals surface area contributed by atoms with Gasteiger partial charge in [0, 0.05) is 15.6 Å². The van der Waals surface area contributed by atoms with Gasteiger partial charge in [-0.1, -0.05) is 35.3 Å². The van der Waals surface area contributed by atoms with Crippen molar-refractivity contribution in [2.24, 2.45) is 5.10 Å². The highest BCUT2D eigenvalue weighted by atomic mass is 35.5. The van der Waals surface area contributed by atoms with Gasteiger partial charge < -0.3 is 9.47 Å². The van der Waals surface area contributed by atoms with Gasteiger partial charge in [0.25, 0.3) is 5.91 Å². The van der Waals surface area contributed by atoms with Gasteiger partial charge in [-0.15, -0.1) is 0 Å². The second kappa shape index (κ2) is 7.11. The third-order valence-electron chi connectivity index (χ3n) is 3.45. The quantitative estimate of drug-likeness (QED) is 0.667. The normalized spacial score (nSPS) is 16.6. The molecule has 0 saturated carbocycles. The zero-order valence-electron chi connectivity index (χ0n) is 12.8. The first-order valence-electron chi connectivity index (χ1n) is 7.22. The van der Waals surface area contributed by atoms with Crippen molar-refractivity contribution in [1.29, 1.82) is 0 Å². The summed E-state index contributed by atoms with van der Waals surface area (Å²) in [5.74, 6) is 0.747. The van der Waals surface area contributed by atoms with Crippen molar-refractivity contribution in [3.8, 4) is 11.5 Å². The molecule has 0 fully saturated rings. The zero-order chi connectivity index (χ0) is 17.1. The van der Waals surface area contributed by atoms with Crippen molar-refractivity contribution >= 4 is 34.8 Å². The highest BCUT2D eigenvalue weighted by Crippen LogP contribution is 2.30. The van der Waals surface area contributed by atoms with Crippen LogP contribution in [0.15, 0.2) is 47.6 Å². The Balaban J connectivity index is 1.68. The van der Waals surface area contributed by atoms with E-state index in [1.165, 1.54) is 0 Å². The van der Waals surface area contributed by atoms with Crippen LogP contribution in [-0.4, -0.2) is 24.3 Å². The van der Waals surface area contributed by atoms with Gasteiger partial charge in [0.05, 0.1) is 5.71 Å². The van der Waals surface area contributed by atoms with E-state index in [2.05, 4.69) is 10.5 Å². The SMILES string of the molecule is CC(=NNC(=O)C1COc2ccccc2O1)c1cc(Cl)ccc1Cl. The Kier molecular flexibility index (Phi) is 4.92. The first-order chi connectivity index (χ1) is 11.5. The number of fused-ring (bicyclic) bond motifs is 1. The Labute approximate surface area is 149 Å². The highest BCUT2D eigenvalue weighted by molar-refractivity contribution is 6.36. The lowest BCUT2D eigenvalue weighted by atomic mass is 10.1. The number of carbonyl (C=O) groups excluding carboxylic acids is 1. The molecule has 24 heavy (non-hydrogen) atoms. The Morgan fingerprint density at radius 2 is 1.96 bits per heavy atom. The largest absolute Gasteiger partial charge is 0.485 e. The van der Waals surface area contributed by atoms with Crippen molar-refractivity contribution in [2.75, 3.05) is 6.61 Å². The van der Waals surface area contributed by atoms with Crippen molar-refractivity contribution in [2.45, 2.75) is 13.0 Å². The molecule has 1 amide bonds. The maximum Gasteiger partial charge on any atom is 0.284 e. The van der Waals surface area contributed by atoms with Crippen molar-refractivity contribution in [1.82, 2.24) is 5.43 Å². The Bertz CT molecular complexity index is 808. The smallest absolute Gasteiger partial charge is 0.284 e. The van der Waals surface area contributed by atoms with Gasteiger partial charge in [0.1, 0.15) is 6.61 Å². The van der Waals surface area contributed by atoms with Crippen LogP contribution in [0.4, 0.5) is 0 Å². The number of hydrazone groups is 1. The highest BCUT2D eigenvalue weighted by Gasteiger charge is 2.27. The molecular weight excluding hydrogens is 351 g/mol. The number of hydrogen-bond donors (Lipinski definition) is 1. The zero-order valence-corrected chi connectivity index (χ0v) is 14.3. The molecule has 0 radical (unpaired) electrons. The third kappa shape index (κ3) is 3.63. The molecule has 1 heterocycles. The second-order valence-corrected chi connectivity index (χ2v) is 6.01. The summed E-state index contributed by atoms with van der Waals surface area (Å²) in [5.41, 5.74) is 3.65. The monoisotopic (exact) mass is 364 g/mol. The number of nitrogens with one attached hydrogen (secondary N) is 1. The third-order valence-corrected chi connectivity index (χ3v) is 4.02. The molecule has 5 nitrogen and oxygen atoms in total. The van der Waals surface area contributed by atoms with E-state index in [1.807, 2.05) is 12.1 Å². The molecule has 2 aromatic carbocycles. The van der Waals surface area contributed by atoms with Crippen LogP contribution in [0.1, 0.15) is 12.5 Å². The van der Waals surface area contributed by atoms with E-state index >= 15 is 0 Å². The summed E-state index contributed by atoms with van der Waals surface area (Å²) in [6, 6.07) is 12.2. The predicted molar refractivity (Wildman–Crippen MR) is 93.2 cm³/mol. The minimum Gasteiger partial charge on any atom is -0.485 e. The number of nitrogens with zero attached hydrogens (tertiary/aromatic N) is 1. The first kappa shape index (κ1) is 16.6. The first-order valence-corrected chi connectivity index (χ1v) is 7.98. The summed E-state index contributed by atoms with van der Waals surface area (Å²) in [7, 11) is 0. The van der Waals surface area contributed by atoms with Crippen LogP contribution in [0.2, 0.25) is 10.0 Å². The Morgan fingerprint density at radius 1 is 1.21 bits per heavy atom. The van der Waals surface area contributed by atoms with Crippen LogP contribution in [-0.2, 0) is 4.79 Å². The maximum absolute atomic E-state index is 12.2. The molecule has 1 unspecified atom stereocenters. The van der Waals surface area contributed by atoms with Crippen molar-refractivity contribution in [3.05, 3.63) is 58.1 Å². The molecule has 0 aromatic heterocycles. The number of amides is 1. The predicted octanol–water partition coefficient (Wildman–Crippen LogP) is 3.67. The lowest BCUT2D eigenvalue weighted by Crippen LogP contribution is -2.42. The number of carbonyl (C=O) groups is 1. The molecule has 1 aliphatic heterocycles. The fraction of sp³-hybridized carbons (Fsp3) is 0.176. The fourth-order valence-corrected chi connectivity index (χ4v) is 2.62. The summed E-state index contributed by atoms with van der Waals surface area (Å²) < 4.78 is 11.1. The molecule has 2 aromatic rings. The summed E-state index contributed by atoms with van der Waals surface area (Å²) in [6.07, 6.45) is -0.772. The Morgan fingerprint density at radius 3 is 2.75 bits per heavy atom. The number of para-hydroxylation sites is 2. The summed E-state index contributed by atoms with van der Waals surface area (Å²) in [6.45, 7) is 1.85. The van der Waals surface area contributed by atoms with E-state index in [9.17, 15) is 4.79 Å². The van der Waals surface area contributed by atoms with E-state index in [4.69, 9.17) is 32.7 Å². The summed E-state index contributed by atoms with van der Waals surface area (Å²) in [5, 5.41) is 5.10. The molecule has 0 bridgehead atoms. The van der Waals surface area contributed by atoms with Gasteiger partial charge in [-0.25, -0.2) is 5.43 Å². The van der Waals surface area contributed by atoms with Crippen LogP contribution in [0.3, 0.4) is 0 Å². The number of rotatable bonds is 3. The average molecular weight is 365 g/mol. The molecular formula is C17H14Cl2N2O3. The summed E-state index contributed by atoms with van der Waals surface area (Å²) in [4.78, 5) is 12.2. The van der Waals surface area contributed by atoms with Gasteiger partial charge in [-0.05, 0) is 37.3 Å². The van der Waals surface area contributed by atoms with Crippen LogP contribution in [0.25, 0.3) is 0 Å². The molecule has 0 saturated heterocycles. The lowest BCUT2D eigenvalue weighted by Gasteiger charge is -2.24. The van der Waals surface area contributed by atoms with Crippen LogP contribution in [0.5, 0.6) is 11.5 Å². The fourth-order valence-electron chi connectivity index (χ4n) is 2.19. The minimum atomic E-state index is -0.772. The lowest BCUT2D eigenvalue weighted by molar-refractivity contribution is -0.130. The van der Waals surface area contributed by atoms with Gasteiger partial charge >= 0.3 is 0 Å². The molecule has 124 valence electrons. The van der Waals surface area contributed by atoms with E-state index in [0.29, 0.717) is 32.8 Å². The van der Waals surface area contributed by atoms with Crippen molar-refractivity contribution < 1.29 is 14.3 Å². The van der Waals surface area contributed by atoms with Crippen molar-refractivity contribution in [3.63, 3.8) is 0 Å². The van der Waals surface area contributed by atoms with Gasteiger partial charge in [0.2, 0.25) is 6.10 Å². The number of halogens is 2. The molecule has 3 rings (SSSR count). The molecule has 0 spiro atoms. The standard InChI is InChI=1S/C17H14Cl2N2O3/c1-10(12-8-11(18)6-7-13(12)19)20-21-17(22)16-9-23-14-4-2-3-5-15(14)24-16/h2-8,16H,9H2,1H3,(H,21,22). The maximum atomic E-state index is 12.2. The molecule has 7 heteroatoms. The van der Waals surface area contributed by atoms with Gasteiger partial charge in [-0.3, -0.25) is 4.79 Å². The van der Waals surface area contributed by atoms with E-state index < -0.39 is 12.0 Å². The molecule has 1 aliphatic rings. The summed E-state index contributed by atoms with van der Waals surface area (Å²) >= 11 is 12.1. The topological polar surface area (TPSA) is 59.9 Å². The van der Waals surface area contributed by atoms with E-state index in [-0.39, 0.29) is 6.61 Å². The molecule has 0 aliphatic carbocycles. The number of hydrogen-bond acceptors (Lipinski definition) is 4. The minimum absolute atomic E-state index is 0.120.